The van der Waals surface area contributed by atoms with Gasteiger partial charge in [0, 0.05) is 0 Å². The number of ether oxygens (including phenoxy) is 1. The zero-order valence-corrected chi connectivity index (χ0v) is 13.1. The van der Waals surface area contributed by atoms with Crippen LogP contribution in [0.4, 0.5) is 0 Å². The number of rotatable bonds is 6. The predicted octanol–water partition coefficient (Wildman–Crippen LogP) is 2.94. The van der Waals surface area contributed by atoms with E-state index in [2.05, 4.69) is 10.1 Å². The Morgan fingerprint density at radius 2 is 2.19 bits per heavy atom. The molecule has 0 saturated carbocycles. The van der Waals surface area contributed by atoms with Crippen molar-refractivity contribution in [3.8, 4) is 0 Å². The van der Waals surface area contributed by atoms with Crippen molar-refractivity contribution < 1.29 is 14.1 Å². The molecule has 0 N–H and O–H groups in total. The molecule has 1 atom stereocenters. The molecule has 2 aromatic rings. The number of thioether (sulfide) groups is 1. The van der Waals surface area contributed by atoms with E-state index in [4.69, 9.17) is 9.26 Å². The zero-order chi connectivity index (χ0) is 15.2. The number of aromatic nitrogens is 2. The third kappa shape index (κ3) is 3.64. The summed E-state index contributed by atoms with van der Waals surface area (Å²) in [6.07, 6.45) is 1.96. The predicted molar refractivity (Wildman–Crippen MR) is 81.2 cm³/mol. The second-order valence-corrected chi connectivity index (χ2v) is 5.39. The summed E-state index contributed by atoms with van der Waals surface area (Å²) >= 11 is 1.60. The van der Waals surface area contributed by atoms with Crippen LogP contribution in [0.1, 0.15) is 35.7 Å². The molecule has 0 saturated heterocycles. The van der Waals surface area contributed by atoms with Crippen molar-refractivity contribution in [3.63, 3.8) is 0 Å². The van der Waals surface area contributed by atoms with Gasteiger partial charge in [-0.2, -0.15) is 16.7 Å². The molecule has 112 valence electrons. The van der Waals surface area contributed by atoms with Gasteiger partial charge in [-0.25, -0.2) is 0 Å². The van der Waals surface area contributed by atoms with Crippen LogP contribution in [0, 0.1) is 6.92 Å². The Labute approximate surface area is 128 Å². The number of aryl methyl sites for hydroxylation is 1. The van der Waals surface area contributed by atoms with Gasteiger partial charge in [-0.1, -0.05) is 29.4 Å². The first kappa shape index (κ1) is 15.6. The summed E-state index contributed by atoms with van der Waals surface area (Å²) in [6.45, 7) is 4.04. The number of hydrogen-bond acceptors (Lipinski definition) is 6. The lowest BCUT2D eigenvalue weighted by atomic mass is 9.95. The maximum Gasteiger partial charge on any atom is 0.323 e. The summed E-state index contributed by atoms with van der Waals surface area (Å²) in [5.41, 5.74) is 1.82. The van der Waals surface area contributed by atoms with Crippen molar-refractivity contribution in [2.24, 2.45) is 0 Å². The van der Waals surface area contributed by atoms with E-state index < -0.39 is 5.92 Å². The molecule has 0 fully saturated rings. The number of esters is 1. The SMILES string of the molecule is CCOC(=O)C(c1nc(CSC)no1)c1ccccc1C. The molecular formula is C15H18N2O3S. The summed E-state index contributed by atoms with van der Waals surface area (Å²) < 4.78 is 10.4. The van der Waals surface area contributed by atoms with Gasteiger partial charge in [0.1, 0.15) is 0 Å². The highest BCUT2D eigenvalue weighted by Gasteiger charge is 2.31. The molecule has 1 aromatic heterocycles. The minimum Gasteiger partial charge on any atom is -0.465 e. The zero-order valence-electron chi connectivity index (χ0n) is 12.3. The van der Waals surface area contributed by atoms with Crippen molar-refractivity contribution >= 4 is 17.7 Å². The van der Waals surface area contributed by atoms with Crippen LogP contribution in [0.25, 0.3) is 0 Å². The first-order valence-corrected chi connectivity index (χ1v) is 8.10. The molecule has 1 heterocycles. The Morgan fingerprint density at radius 1 is 1.43 bits per heavy atom. The van der Waals surface area contributed by atoms with Crippen LogP contribution in [0.3, 0.4) is 0 Å². The Hall–Kier alpha value is -1.82. The second-order valence-electron chi connectivity index (χ2n) is 4.52. The summed E-state index contributed by atoms with van der Waals surface area (Å²) in [5, 5.41) is 3.91. The number of carbonyl (C=O) groups excluding carboxylic acids is 1. The van der Waals surface area contributed by atoms with E-state index in [-0.39, 0.29) is 11.9 Å². The largest absolute Gasteiger partial charge is 0.465 e. The van der Waals surface area contributed by atoms with E-state index in [0.717, 1.165) is 11.1 Å². The number of carbonyl (C=O) groups is 1. The molecule has 0 amide bonds. The maximum atomic E-state index is 12.3. The van der Waals surface area contributed by atoms with E-state index in [1.165, 1.54) is 0 Å². The smallest absolute Gasteiger partial charge is 0.323 e. The quantitative estimate of drug-likeness (QED) is 0.765. The lowest BCUT2D eigenvalue weighted by Gasteiger charge is -2.14. The second kappa shape index (κ2) is 7.26. The van der Waals surface area contributed by atoms with Crippen LogP contribution in [-0.2, 0) is 15.3 Å². The molecule has 0 spiro atoms. The minimum atomic E-state index is -0.672. The first-order chi connectivity index (χ1) is 10.2. The van der Waals surface area contributed by atoms with E-state index in [9.17, 15) is 4.79 Å². The first-order valence-electron chi connectivity index (χ1n) is 6.71. The molecule has 1 aromatic carbocycles. The Morgan fingerprint density at radius 3 is 2.86 bits per heavy atom. The average molecular weight is 306 g/mol. The monoisotopic (exact) mass is 306 g/mol. The Balaban J connectivity index is 2.40. The topological polar surface area (TPSA) is 65.2 Å². The fourth-order valence-electron chi connectivity index (χ4n) is 2.07. The van der Waals surface area contributed by atoms with Gasteiger partial charge in [-0.05, 0) is 31.2 Å². The molecule has 5 nitrogen and oxygen atoms in total. The Bertz CT molecular complexity index is 612. The molecule has 1 unspecified atom stereocenters. The summed E-state index contributed by atoms with van der Waals surface area (Å²) in [7, 11) is 0. The standard InChI is InChI=1S/C15H18N2O3S/c1-4-19-15(18)13(11-8-6-5-7-10(11)2)14-16-12(9-21-3)17-20-14/h5-8,13H,4,9H2,1-3H3. The molecule has 21 heavy (non-hydrogen) atoms. The third-order valence-corrected chi connectivity index (χ3v) is 3.57. The van der Waals surface area contributed by atoms with Gasteiger partial charge in [-0.3, -0.25) is 4.79 Å². The Kier molecular flexibility index (Phi) is 5.38. The minimum absolute atomic E-state index is 0.284. The number of benzene rings is 1. The van der Waals surface area contributed by atoms with Crippen LogP contribution >= 0.6 is 11.8 Å². The molecule has 6 heteroatoms. The normalized spacial score (nSPS) is 12.1. The fraction of sp³-hybridized carbons (Fsp3) is 0.400. The summed E-state index contributed by atoms with van der Waals surface area (Å²) in [6, 6.07) is 7.64. The molecule has 0 aliphatic carbocycles. The molecule has 0 bridgehead atoms. The van der Waals surface area contributed by atoms with Gasteiger partial charge in [0.05, 0.1) is 12.4 Å². The summed E-state index contributed by atoms with van der Waals surface area (Å²) in [4.78, 5) is 16.6. The highest BCUT2D eigenvalue weighted by Crippen LogP contribution is 2.27. The van der Waals surface area contributed by atoms with Gasteiger partial charge in [0.2, 0.25) is 5.89 Å². The van der Waals surface area contributed by atoms with Crippen molar-refractivity contribution in [2.45, 2.75) is 25.5 Å². The molecule has 0 radical (unpaired) electrons. The van der Waals surface area contributed by atoms with Gasteiger partial charge in [-0.15, -0.1) is 0 Å². The van der Waals surface area contributed by atoms with Crippen LogP contribution in [-0.4, -0.2) is 29.0 Å². The molecule has 0 aliphatic rings. The van der Waals surface area contributed by atoms with Gasteiger partial charge >= 0.3 is 5.97 Å². The van der Waals surface area contributed by atoms with Crippen molar-refractivity contribution in [1.29, 1.82) is 0 Å². The summed E-state index contributed by atoms with van der Waals surface area (Å²) in [5.74, 6) is 0.472. The van der Waals surface area contributed by atoms with E-state index in [1.54, 1.807) is 18.7 Å². The third-order valence-electron chi connectivity index (χ3n) is 3.03. The van der Waals surface area contributed by atoms with E-state index in [0.29, 0.717) is 18.2 Å². The molecule has 2 rings (SSSR count). The van der Waals surface area contributed by atoms with Crippen LogP contribution in [0.2, 0.25) is 0 Å². The highest BCUT2D eigenvalue weighted by molar-refractivity contribution is 7.97. The fourth-order valence-corrected chi connectivity index (χ4v) is 2.44. The lowest BCUT2D eigenvalue weighted by molar-refractivity contribution is -0.144. The average Bonchev–Trinajstić information content (AvgIpc) is 2.90. The van der Waals surface area contributed by atoms with Gasteiger partial charge in [0.15, 0.2) is 11.7 Å². The maximum absolute atomic E-state index is 12.3. The van der Waals surface area contributed by atoms with Gasteiger partial charge < -0.3 is 9.26 Å². The number of nitrogens with zero attached hydrogens (tertiary/aromatic N) is 2. The number of hydrogen-bond donors (Lipinski definition) is 0. The van der Waals surface area contributed by atoms with Gasteiger partial charge in [0.25, 0.3) is 0 Å². The van der Waals surface area contributed by atoms with E-state index >= 15 is 0 Å². The van der Waals surface area contributed by atoms with Crippen LogP contribution in [0.5, 0.6) is 0 Å². The van der Waals surface area contributed by atoms with Crippen molar-refractivity contribution in [1.82, 2.24) is 10.1 Å². The van der Waals surface area contributed by atoms with Crippen molar-refractivity contribution in [3.05, 3.63) is 47.1 Å². The molecule has 0 aliphatic heterocycles. The van der Waals surface area contributed by atoms with Crippen LogP contribution < -0.4 is 0 Å². The van der Waals surface area contributed by atoms with E-state index in [1.807, 2.05) is 37.4 Å². The highest BCUT2D eigenvalue weighted by atomic mass is 32.2. The van der Waals surface area contributed by atoms with Crippen LogP contribution in [0.15, 0.2) is 28.8 Å². The molecular weight excluding hydrogens is 288 g/mol. The van der Waals surface area contributed by atoms with Crippen molar-refractivity contribution in [2.75, 3.05) is 12.9 Å². The lowest BCUT2D eigenvalue weighted by Crippen LogP contribution is -2.18.